The summed E-state index contributed by atoms with van der Waals surface area (Å²) in [5, 5.41) is 12.5. The SMILES string of the molecule is O=C(C1CCCN1)N1CC[C@@H](O)C1. The predicted molar refractivity (Wildman–Crippen MR) is 48.2 cm³/mol. The summed E-state index contributed by atoms with van der Waals surface area (Å²) in [5.74, 6) is 0.175. The minimum atomic E-state index is -0.301. The van der Waals surface area contributed by atoms with Gasteiger partial charge in [0.15, 0.2) is 0 Å². The lowest BCUT2D eigenvalue weighted by molar-refractivity contribution is -0.132. The summed E-state index contributed by atoms with van der Waals surface area (Å²) in [6, 6.07) is 0.0188. The topological polar surface area (TPSA) is 52.6 Å². The maximum absolute atomic E-state index is 11.7. The van der Waals surface area contributed by atoms with E-state index in [1.165, 1.54) is 0 Å². The van der Waals surface area contributed by atoms with E-state index in [4.69, 9.17) is 0 Å². The Balaban J connectivity index is 1.89. The maximum atomic E-state index is 11.7. The fourth-order valence-electron chi connectivity index (χ4n) is 2.06. The molecule has 2 heterocycles. The van der Waals surface area contributed by atoms with Crippen molar-refractivity contribution in [2.24, 2.45) is 0 Å². The quantitative estimate of drug-likeness (QED) is 0.568. The van der Waals surface area contributed by atoms with E-state index >= 15 is 0 Å². The lowest BCUT2D eigenvalue weighted by Gasteiger charge is -2.19. The third-order valence-electron chi connectivity index (χ3n) is 2.83. The first-order valence-electron chi connectivity index (χ1n) is 4.97. The van der Waals surface area contributed by atoms with Gasteiger partial charge in [0.25, 0.3) is 0 Å². The molecule has 0 bridgehead atoms. The van der Waals surface area contributed by atoms with Crippen molar-refractivity contribution in [3.8, 4) is 0 Å². The second-order valence-electron chi connectivity index (χ2n) is 3.88. The molecule has 2 aliphatic heterocycles. The summed E-state index contributed by atoms with van der Waals surface area (Å²) < 4.78 is 0. The van der Waals surface area contributed by atoms with E-state index in [0.717, 1.165) is 32.4 Å². The average molecular weight is 184 g/mol. The van der Waals surface area contributed by atoms with Crippen molar-refractivity contribution >= 4 is 5.91 Å². The zero-order valence-electron chi connectivity index (χ0n) is 7.70. The summed E-state index contributed by atoms with van der Waals surface area (Å²) in [5.41, 5.74) is 0. The standard InChI is InChI=1S/C9H16N2O2/c12-7-3-5-11(6-7)9(13)8-2-1-4-10-8/h7-8,10,12H,1-6H2/t7-,8?/m1/s1. The number of hydrogen-bond acceptors (Lipinski definition) is 3. The predicted octanol–water partition coefficient (Wildman–Crippen LogP) is -0.668. The summed E-state index contributed by atoms with van der Waals surface area (Å²) >= 11 is 0. The first-order chi connectivity index (χ1) is 6.27. The fraction of sp³-hybridized carbons (Fsp3) is 0.889. The Morgan fingerprint density at radius 3 is 2.85 bits per heavy atom. The first-order valence-corrected chi connectivity index (χ1v) is 4.97. The van der Waals surface area contributed by atoms with Crippen LogP contribution in [0.4, 0.5) is 0 Å². The van der Waals surface area contributed by atoms with Crippen LogP contribution < -0.4 is 5.32 Å². The monoisotopic (exact) mass is 184 g/mol. The zero-order chi connectivity index (χ0) is 9.26. The summed E-state index contributed by atoms with van der Waals surface area (Å²) in [6.07, 6.45) is 2.47. The van der Waals surface area contributed by atoms with Gasteiger partial charge in [0.1, 0.15) is 0 Å². The highest BCUT2D eigenvalue weighted by Gasteiger charge is 2.31. The molecule has 0 radical (unpaired) electrons. The van der Waals surface area contributed by atoms with Crippen molar-refractivity contribution in [3.63, 3.8) is 0 Å². The van der Waals surface area contributed by atoms with Crippen LogP contribution in [0.3, 0.4) is 0 Å². The van der Waals surface area contributed by atoms with Gasteiger partial charge >= 0.3 is 0 Å². The molecule has 2 N–H and O–H groups in total. The van der Waals surface area contributed by atoms with Crippen LogP contribution in [0.1, 0.15) is 19.3 Å². The molecule has 2 saturated heterocycles. The minimum Gasteiger partial charge on any atom is -0.391 e. The number of hydrogen-bond donors (Lipinski definition) is 2. The van der Waals surface area contributed by atoms with E-state index < -0.39 is 0 Å². The highest BCUT2D eigenvalue weighted by atomic mass is 16.3. The van der Waals surface area contributed by atoms with Crippen LogP contribution >= 0.6 is 0 Å². The number of rotatable bonds is 1. The molecule has 0 aromatic rings. The van der Waals surface area contributed by atoms with Gasteiger partial charge in [0.05, 0.1) is 12.1 Å². The van der Waals surface area contributed by atoms with Gasteiger partial charge in [-0.1, -0.05) is 0 Å². The molecule has 2 atom stereocenters. The average Bonchev–Trinajstić information content (AvgIpc) is 2.72. The largest absolute Gasteiger partial charge is 0.391 e. The lowest BCUT2D eigenvalue weighted by atomic mass is 10.2. The summed E-state index contributed by atoms with van der Waals surface area (Å²) in [6.45, 7) is 2.20. The van der Waals surface area contributed by atoms with E-state index in [-0.39, 0.29) is 18.1 Å². The highest BCUT2D eigenvalue weighted by molar-refractivity contribution is 5.82. The number of likely N-dealkylation sites (tertiary alicyclic amines) is 1. The minimum absolute atomic E-state index is 0.0188. The first kappa shape index (κ1) is 8.97. The molecule has 4 nitrogen and oxygen atoms in total. The second kappa shape index (κ2) is 3.64. The summed E-state index contributed by atoms with van der Waals surface area (Å²) in [7, 11) is 0. The van der Waals surface area contributed by atoms with Crippen molar-refractivity contribution in [1.82, 2.24) is 10.2 Å². The number of aliphatic hydroxyl groups excluding tert-OH is 1. The molecule has 0 aromatic heterocycles. The van der Waals surface area contributed by atoms with E-state index in [1.807, 2.05) is 0 Å². The Labute approximate surface area is 77.9 Å². The van der Waals surface area contributed by atoms with E-state index in [0.29, 0.717) is 6.54 Å². The smallest absolute Gasteiger partial charge is 0.239 e. The van der Waals surface area contributed by atoms with Crippen LogP contribution in [0.2, 0.25) is 0 Å². The number of amides is 1. The molecule has 0 saturated carbocycles. The molecule has 1 amide bonds. The molecular formula is C9H16N2O2. The van der Waals surface area contributed by atoms with Crippen molar-refractivity contribution in [2.45, 2.75) is 31.4 Å². The molecule has 13 heavy (non-hydrogen) atoms. The molecule has 0 aromatic carbocycles. The van der Waals surface area contributed by atoms with Gasteiger partial charge in [-0.05, 0) is 25.8 Å². The molecular weight excluding hydrogens is 168 g/mol. The van der Waals surface area contributed by atoms with Gasteiger partial charge in [-0.2, -0.15) is 0 Å². The third kappa shape index (κ3) is 1.84. The van der Waals surface area contributed by atoms with Gasteiger partial charge < -0.3 is 15.3 Å². The maximum Gasteiger partial charge on any atom is 0.239 e. The molecule has 2 aliphatic rings. The Kier molecular flexibility index (Phi) is 2.51. The van der Waals surface area contributed by atoms with Crippen LogP contribution in [0.25, 0.3) is 0 Å². The number of nitrogens with zero attached hydrogens (tertiary/aromatic N) is 1. The Morgan fingerprint density at radius 1 is 1.46 bits per heavy atom. The van der Waals surface area contributed by atoms with Crippen molar-refractivity contribution in [2.75, 3.05) is 19.6 Å². The van der Waals surface area contributed by atoms with Crippen LogP contribution in [0.5, 0.6) is 0 Å². The van der Waals surface area contributed by atoms with Gasteiger partial charge in [0.2, 0.25) is 5.91 Å². The van der Waals surface area contributed by atoms with Gasteiger partial charge in [-0.3, -0.25) is 4.79 Å². The van der Waals surface area contributed by atoms with Gasteiger partial charge in [0, 0.05) is 13.1 Å². The number of aliphatic hydroxyl groups is 1. The Hall–Kier alpha value is -0.610. The summed E-state index contributed by atoms with van der Waals surface area (Å²) in [4.78, 5) is 13.5. The van der Waals surface area contributed by atoms with Gasteiger partial charge in [-0.15, -0.1) is 0 Å². The molecule has 0 spiro atoms. The lowest BCUT2D eigenvalue weighted by Crippen LogP contribution is -2.42. The highest BCUT2D eigenvalue weighted by Crippen LogP contribution is 2.14. The second-order valence-corrected chi connectivity index (χ2v) is 3.88. The zero-order valence-corrected chi connectivity index (χ0v) is 7.70. The van der Waals surface area contributed by atoms with Crippen molar-refractivity contribution in [3.05, 3.63) is 0 Å². The molecule has 2 rings (SSSR count). The molecule has 2 fully saturated rings. The molecule has 4 heteroatoms. The van der Waals surface area contributed by atoms with Crippen LogP contribution in [-0.4, -0.2) is 47.7 Å². The Bertz CT molecular complexity index is 202. The van der Waals surface area contributed by atoms with Crippen molar-refractivity contribution < 1.29 is 9.90 Å². The fourth-order valence-corrected chi connectivity index (χ4v) is 2.06. The number of carbonyl (C=O) groups is 1. The number of nitrogens with one attached hydrogen (secondary N) is 1. The third-order valence-corrected chi connectivity index (χ3v) is 2.83. The number of carbonyl (C=O) groups excluding carboxylic acids is 1. The normalized spacial score (nSPS) is 34.1. The van der Waals surface area contributed by atoms with E-state index in [9.17, 15) is 9.90 Å². The van der Waals surface area contributed by atoms with Gasteiger partial charge in [-0.25, -0.2) is 0 Å². The molecule has 74 valence electrons. The van der Waals surface area contributed by atoms with Crippen LogP contribution in [-0.2, 0) is 4.79 Å². The Morgan fingerprint density at radius 2 is 2.31 bits per heavy atom. The molecule has 0 aliphatic carbocycles. The number of β-amino-alcohol motifs (C(OH)–C–C–N with tert-alkyl or cyclic N) is 1. The van der Waals surface area contributed by atoms with Crippen LogP contribution in [0.15, 0.2) is 0 Å². The van der Waals surface area contributed by atoms with E-state index in [2.05, 4.69) is 5.32 Å². The van der Waals surface area contributed by atoms with E-state index in [1.54, 1.807) is 4.90 Å². The molecule has 1 unspecified atom stereocenters. The van der Waals surface area contributed by atoms with Crippen molar-refractivity contribution in [1.29, 1.82) is 0 Å². The van der Waals surface area contributed by atoms with Crippen LogP contribution in [0, 0.1) is 0 Å².